The monoisotopic (exact) mass is 591 g/mol. The first kappa shape index (κ1) is 30.2. The molecular formula is C26H32Cl3N9O. The van der Waals surface area contributed by atoms with Crippen LogP contribution in [0.5, 0.6) is 0 Å². The summed E-state index contributed by atoms with van der Waals surface area (Å²) in [6.07, 6.45) is 3.34. The number of rotatable bonds is 4. The van der Waals surface area contributed by atoms with Crippen LogP contribution in [0.4, 0.5) is 0 Å². The smallest absolute Gasteiger partial charge is 0.286 e. The Kier molecular flexibility index (Phi) is 10.6. The molecule has 4 rings (SSSR count). The molecule has 0 radical (unpaired) electrons. The molecule has 0 saturated carbocycles. The van der Waals surface area contributed by atoms with Crippen molar-refractivity contribution in [3.05, 3.63) is 68.8 Å². The van der Waals surface area contributed by atoms with Gasteiger partial charge in [0.1, 0.15) is 0 Å². The van der Waals surface area contributed by atoms with Crippen molar-refractivity contribution in [1.82, 2.24) is 25.1 Å². The summed E-state index contributed by atoms with van der Waals surface area (Å²) in [7, 11) is 3.38. The number of hydrogen-bond acceptors (Lipinski definition) is 4. The number of aliphatic imine (C=N–C) groups is 1. The number of benzene rings is 2. The number of nitrogens with two attached hydrogens (primary N) is 2. The highest BCUT2D eigenvalue weighted by Crippen LogP contribution is 2.33. The highest BCUT2D eigenvalue weighted by molar-refractivity contribution is 6.35. The lowest BCUT2D eigenvalue weighted by atomic mass is 10.1. The molecule has 208 valence electrons. The fraction of sp³-hybridized carbons (Fsp3) is 0.308. The van der Waals surface area contributed by atoms with Crippen molar-refractivity contribution in [2.75, 3.05) is 27.2 Å². The van der Waals surface area contributed by atoms with Crippen molar-refractivity contribution < 1.29 is 4.79 Å². The second-order valence-electron chi connectivity index (χ2n) is 9.08. The molecule has 2 aromatic carbocycles. The third-order valence-corrected chi connectivity index (χ3v) is 6.66. The lowest BCUT2D eigenvalue weighted by Gasteiger charge is -2.26. The van der Waals surface area contributed by atoms with Gasteiger partial charge in [0.05, 0.1) is 16.4 Å². The number of hydrogen-bond donors (Lipinski definition) is 4. The van der Waals surface area contributed by atoms with Gasteiger partial charge in [-0.3, -0.25) is 15.6 Å². The van der Waals surface area contributed by atoms with Crippen molar-refractivity contribution in [1.29, 1.82) is 5.41 Å². The maximum atomic E-state index is 13.1. The Bertz CT molecular complexity index is 1340. The number of carbonyl (C=O) groups is 1. The van der Waals surface area contributed by atoms with Crippen molar-refractivity contribution in [2.24, 2.45) is 16.5 Å². The zero-order valence-corrected chi connectivity index (χ0v) is 24.3. The van der Waals surface area contributed by atoms with E-state index in [1.54, 1.807) is 37.0 Å². The van der Waals surface area contributed by atoms with E-state index in [2.05, 4.69) is 15.5 Å². The Labute approximate surface area is 243 Å². The third-order valence-electron chi connectivity index (χ3n) is 5.87. The van der Waals surface area contributed by atoms with E-state index in [4.69, 9.17) is 51.7 Å². The van der Waals surface area contributed by atoms with E-state index in [1.165, 1.54) is 11.3 Å². The number of nitrogens with zero attached hydrogens (tertiary/aromatic N) is 5. The van der Waals surface area contributed by atoms with E-state index in [-0.39, 0.29) is 17.8 Å². The van der Waals surface area contributed by atoms with Gasteiger partial charge in [-0.15, -0.1) is 0 Å². The second-order valence-corrected chi connectivity index (χ2v) is 10.4. The molecule has 0 atom stereocenters. The Morgan fingerprint density at radius 2 is 1.64 bits per heavy atom. The fourth-order valence-corrected chi connectivity index (χ4v) is 4.52. The molecule has 0 bridgehead atoms. The number of guanidine groups is 2. The van der Waals surface area contributed by atoms with Gasteiger partial charge < -0.3 is 16.4 Å². The highest BCUT2D eigenvalue weighted by Gasteiger charge is 2.24. The van der Waals surface area contributed by atoms with E-state index in [0.717, 1.165) is 42.8 Å². The van der Waals surface area contributed by atoms with Crippen LogP contribution in [0.2, 0.25) is 15.1 Å². The average molecular weight is 593 g/mol. The number of carbonyl (C=O) groups excluding carboxylic acids is 1. The first-order valence-corrected chi connectivity index (χ1v) is 13.3. The summed E-state index contributed by atoms with van der Waals surface area (Å²) in [5, 5.41) is 15.3. The van der Waals surface area contributed by atoms with Gasteiger partial charge >= 0.3 is 0 Å². The minimum Gasteiger partial charge on any atom is -0.370 e. The summed E-state index contributed by atoms with van der Waals surface area (Å²) in [5.41, 5.74) is 16.4. The fourth-order valence-electron chi connectivity index (χ4n) is 3.91. The lowest BCUT2D eigenvalue weighted by molar-refractivity contribution is 0.0743. The molecule has 1 fully saturated rings. The molecule has 6 N–H and O–H groups in total. The van der Waals surface area contributed by atoms with Crippen molar-refractivity contribution in [3.63, 3.8) is 0 Å². The molecule has 0 spiro atoms. The average Bonchev–Trinajstić information content (AvgIpc) is 3.22. The molecule has 2 heterocycles. The van der Waals surface area contributed by atoms with Crippen molar-refractivity contribution >= 4 is 52.6 Å². The molecule has 0 unspecified atom stereocenters. The van der Waals surface area contributed by atoms with Crippen LogP contribution in [0.1, 0.15) is 35.3 Å². The minimum atomic E-state index is -0.228. The molecule has 1 saturated heterocycles. The molecule has 1 amide bonds. The highest BCUT2D eigenvalue weighted by atomic mass is 35.5. The van der Waals surface area contributed by atoms with Crippen molar-refractivity contribution in [2.45, 2.75) is 26.2 Å². The van der Waals surface area contributed by atoms with Gasteiger partial charge in [-0.25, -0.2) is 9.69 Å². The second kappa shape index (κ2) is 13.7. The first-order chi connectivity index (χ1) is 18.5. The number of piperidine rings is 1. The van der Waals surface area contributed by atoms with Crippen LogP contribution < -0.4 is 16.9 Å². The summed E-state index contributed by atoms with van der Waals surface area (Å²) in [4.78, 5) is 18.0. The van der Waals surface area contributed by atoms with E-state index in [1.807, 2.05) is 36.2 Å². The largest absolute Gasteiger partial charge is 0.370 e. The summed E-state index contributed by atoms with van der Waals surface area (Å²) in [5.74, 6) is -0.267. The summed E-state index contributed by atoms with van der Waals surface area (Å²) < 4.78 is 1.70. The Balaban J connectivity index is 0.000000403. The minimum absolute atomic E-state index is 0.0509. The first-order valence-electron chi connectivity index (χ1n) is 12.2. The zero-order valence-electron chi connectivity index (χ0n) is 22.0. The summed E-state index contributed by atoms with van der Waals surface area (Å²) >= 11 is 18.6. The number of halogens is 3. The van der Waals surface area contributed by atoms with E-state index < -0.39 is 0 Å². The van der Waals surface area contributed by atoms with E-state index in [9.17, 15) is 4.79 Å². The topological polar surface area (TPSA) is 142 Å². The van der Waals surface area contributed by atoms with Gasteiger partial charge in [-0.2, -0.15) is 10.1 Å². The Morgan fingerprint density at radius 3 is 2.18 bits per heavy atom. The Morgan fingerprint density at radius 1 is 1.03 bits per heavy atom. The lowest BCUT2D eigenvalue weighted by Crippen LogP contribution is -2.45. The van der Waals surface area contributed by atoms with Crippen LogP contribution in [0.15, 0.2) is 47.5 Å². The van der Waals surface area contributed by atoms with Crippen LogP contribution in [0.3, 0.4) is 0 Å². The molecule has 1 aliphatic heterocycles. The van der Waals surface area contributed by atoms with E-state index in [0.29, 0.717) is 26.4 Å². The summed E-state index contributed by atoms with van der Waals surface area (Å²) in [6.45, 7) is 3.58. The van der Waals surface area contributed by atoms with Crippen LogP contribution in [-0.2, 0) is 0 Å². The van der Waals surface area contributed by atoms with Crippen LogP contribution in [0, 0.1) is 12.3 Å². The van der Waals surface area contributed by atoms with Gasteiger partial charge in [0.15, 0.2) is 11.7 Å². The van der Waals surface area contributed by atoms with E-state index >= 15 is 0 Å². The quantitative estimate of drug-likeness (QED) is 0.256. The van der Waals surface area contributed by atoms with Gasteiger partial charge in [-0.05, 0) is 50.1 Å². The third kappa shape index (κ3) is 8.09. The van der Waals surface area contributed by atoms with Gasteiger partial charge in [-0.1, -0.05) is 53.4 Å². The molecular weight excluding hydrogens is 561 g/mol. The molecule has 39 heavy (non-hydrogen) atoms. The summed E-state index contributed by atoms with van der Waals surface area (Å²) in [6, 6.07) is 12.6. The number of amides is 1. The number of aromatic nitrogens is 2. The Hall–Kier alpha value is -3.31. The zero-order chi connectivity index (χ0) is 28.7. The predicted octanol–water partition coefficient (Wildman–Crippen LogP) is 4.69. The van der Waals surface area contributed by atoms with Crippen LogP contribution in [-0.4, -0.2) is 64.7 Å². The van der Waals surface area contributed by atoms with Crippen molar-refractivity contribution in [3.8, 4) is 16.9 Å². The van der Waals surface area contributed by atoms with Crippen LogP contribution >= 0.6 is 34.8 Å². The molecule has 13 heteroatoms. The molecule has 10 nitrogen and oxygen atoms in total. The standard InChI is InChI=1S/C22H21Cl3N4O.C4H11N5/c1-14-20(22(30)27-28-11-3-2-4-12-28)26-29(19-10-9-17(24)13-18(19)25)21(14)15-5-7-16(23)8-6-15;1-9(2)4(7)8-3(5)6/h5-10,13H,2-4,11-12H2,1H3,(H,27,30);1-2H3,(H5,5,6,7,8). The predicted molar refractivity (Wildman–Crippen MR) is 159 cm³/mol. The SMILES string of the molecule is CN(C)C(=N)N=C(N)N.Cc1c(C(=O)NN2CCCCC2)nn(-c2ccc(Cl)cc2Cl)c1-c1ccc(Cl)cc1. The number of hydrazine groups is 1. The maximum absolute atomic E-state index is 13.1. The molecule has 0 aliphatic carbocycles. The molecule has 3 aromatic rings. The molecule has 1 aromatic heterocycles. The van der Waals surface area contributed by atoms with Gasteiger partial charge in [0, 0.05) is 48.4 Å². The van der Waals surface area contributed by atoms with Gasteiger partial charge in [0.25, 0.3) is 5.91 Å². The normalized spacial score (nSPS) is 13.2. The number of nitrogens with one attached hydrogen (secondary N) is 2. The van der Waals surface area contributed by atoms with Gasteiger partial charge in [0.2, 0.25) is 5.96 Å². The maximum Gasteiger partial charge on any atom is 0.286 e. The molecule has 1 aliphatic rings. The van der Waals surface area contributed by atoms with Crippen LogP contribution in [0.25, 0.3) is 16.9 Å².